The molecule has 0 aliphatic rings. The number of thiophene rings is 2. The fraction of sp³-hybridized carbons (Fsp3) is 0.0870. The summed E-state index contributed by atoms with van der Waals surface area (Å²) in [4.78, 5) is 26.3. The molecule has 2 aromatic carbocycles. The second-order valence-corrected chi connectivity index (χ2v) is 9.97. The van der Waals surface area contributed by atoms with Crippen molar-refractivity contribution < 1.29 is 9.59 Å². The lowest BCUT2D eigenvalue weighted by atomic mass is 10.1. The van der Waals surface area contributed by atoms with E-state index in [0.717, 1.165) is 26.1 Å². The molecule has 32 heavy (non-hydrogen) atoms. The maximum atomic E-state index is 12.8. The highest BCUT2D eigenvalue weighted by atomic mass is 35.5. The van der Waals surface area contributed by atoms with Crippen LogP contribution in [0.1, 0.15) is 36.0 Å². The number of halogens is 1. The van der Waals surface area contributed by atoms with E-state index in [-0.39, 0.29) is 5.11 Å². The van der Waals surface area contributed by atoms with Crippen LogP contribution in [-0.4, -0.2) is 16.9 Å². The van der Waals surface area contributed by atoms with Crippen molar-refractivity contribution in [2.75, 3.05) is 5.32 Å². The summed E-state index contributed by atoms with van der Waals surface area (Å²) in [7, 11) is 0. The lowest BCUT2D eigenvalue weighted by Gasteiger charge is -2.09. The van der Waals surface area contributed by atoms with E-state index < -0.39 is 11.8 Å². The van der Waals surface area contributed by atoms with Crippen molar-refractivity contribution >= 4 is 78.5 Å². The number of amides is 2. The molecule has 162 valence electrons. The molecular weight excluding hydrogens is 482 g/mol. The van der Waals surface area contributed by atoms with Crippen LogP contribution in [0.4, 0.5) is 5.00 Å². The van der Waals surface area contributed by atoms with Gasteiger partial charge in [-0.3, -0.25) is 14.9 Å². The summed E-state index contributed by atoms with van der Waals surface area (Å²) < 4.78 is 0.914. The first-order valence-electron chi connectivity index (χ1n) is 9.60. The van der Waals surface area contributed by atoms with Gasteiger partial charge in [-0.25, -0.2) is 0 Å². The lowest BCUT2D eigenvalue weighted by Crippen LogP contribution is -2.34. The van der Waals surface area contributed by atoms with Gasteiger partial charge in [0.2, 0.25) is 0 Å². The van der Waals surface area contributed by atoms with Gasteiger partial charge >= 0.3 is 0 Å². The molecule has 4 rings (SSSR count). The Kier molecular flexibility index (Phi) is 6.57. The molecule has 4 aromatic rings. The predicted octanol–water partition coefficient (Wildman–Crippen LogP) is 5.74. The number of hydrogen-bond acceptors (Lipinski definition) is 5. The van der Waals surface area contributed by atoms with Crippen LogP contribution in [0.15, 0.2) is 54.6 Å². The molecule has 0 saturated heterocycles. The summed E-state index contributed by atoms with van der Waals surface area (Å²) in [6.45, 7) is 1.86. The van der Waals surface area contributed by atoms with Crippen LogP contribution in [0.2, 0.25) is 5.02 Å². The van der Waals surface area contributed by atoms with Gasteiger partial charge in [-0.15, -0.1) is 22.7 Å². The number of nitrogens with one attached hydrogen (secondary N) is 2. The van der Waals surface area contributed by atoms with Gasteiger partial charge in [-0.05, 0) is 36.3 Å². The zero-order valence-electron chi connectivity index (χ0n) is 16.9. The smallest absolute Gasteiger partial charge is 0.269 e. The zero-order valence-corrected chi connectivity index (χ0v) is 20.1. The number of anilines is 1. The average Bonchev–Trinajstić information content (AvgIpc) is 3.25. The molecular formula is C23H18ClN3O2S3. The maximum Gasteiger partial charge on any atom is 0.269 e. The Labute approximate surface area is 203 Å². The van der Waals surface area contributed by atoms with E-state index in [1.165, 1.54) is 22.7 Å². The Morgan fingerprint density at radius 3 is 2.44 bits per heavy atom. The fourth-order valence-corrected chi connectivity index (χ4v) is 6.27. The monoisotopic (exact) mass is 499 g/mol. The highest BCUT2D eigenvalue weighted by Crippen LogP contribution is 2.36. The van der Waals surface area contributed by atoms with Gasteiger partial charge in [0.25, 0.3) is 11.8 Å². The van der Waals surface area contributed by atoms with Gasteiger partial charge in [0.15, 0.2) is 5.11 Å². The predicted molar refractivity (Wildman–Crippen MR) is 137 cm³/mol. The minimum absolute atomic E-state index is 0.0681. The minimum atomic E-state index is -0.553. The number of thiocarbonyl (C=S) groups is 1. The quantitative estimate of drug-likeness (QED) is 0.306. The minimum Gasteiger partial charge on any atom is -0.365 e. The normalized spacial score (nSPS) is 10.8. The van der Waals surface area contributed by atoms with E-state index in [2.05, 4.69) is 10.6 Å². The van der Waals surface area contributed by atoms with Gasteiger partial charge in [0.1, 0.15) is 9.88 Å². The van der Waals surface area contributed by atoms with Crippen LogP contribution in [0.25, 0.3) is 10.1 Å². The molecule has 2 amide bonds. The van der Waals surface area contributed by atoms with Crippen LogP contribution in [-0.2, 0) is 6.42 Å². The number of nitrogens with two attached hydrogens (primary N) is 1. The molecule has 0 spiro atoms. The number of carbonyl (C=O) groups is 2. The number of fused-ring (bicyclic) bond motifs is 1. The van der Waals surface area contributed by atoms with Crippen LogP contribution in [0, 0.1) is 6.92 Å². The number of rotatable bonds is 5. The maximum absolute atomic E-state index is 12.8. The second kappa shape index (κ2) is 9.38. The molecule has 0 saturated carbocycles. The van der Waals surface area contributed by atoms with E-state index in [1.54, 1.807) is 0 Å². The largest absolute Gasteiger partial charge is 0.365 e. The van der Waals surface area contributed by atoms with Gasteiger partial charge in [0, 0.05) is 21.4 Å². The summed E-state index contributed by atoms with van der Waals surface area (Å²) in [5.41, 5.74) is 7.93. The van der Waals surface area contributed by atoms with Crippen LogP contribution in [0.3, 0.4) is 0 Å². The van der Waals surface area contributed by atoms with Gasteiger partial charge in [-0.1, -0.05) is 60.1 Å². The fourth-order valence-electron chi connectivity index (χ4n) is 3.35. The third kappa shape index (κ3) is 4.54. The Balaban J connectivity index is 1.54. The van der Waals surface area contributed by atoms with Crippen LogP contribution >= 0.6 is 46.5 Å². The second-order valence-electron chi connectivity index (χ2n) is 7.03. The summed E-state index contributed by atoms with van der Waals surface area (Å²) in [6, 6.07) is 17.5. The third-order valence-electron chi connectivity index (χ3n) is 4.89. The molecule has 2 aromatic heterocycles. The van der Waals surface area contributed by atoms with E-state index >= 15 is 0 Å². The van der Waals surface area contributed by atoms with E-state index in [0.29, 0.717) is 26.9 Å². The molecule has 0 atom stereocenters. The SMILES string of the molecule is Cc1c(Cc2ccccc2)sc(NC(=S)NC(=O)c2sc3ccccc3c2Cl)c1C(N)=O. The van der Waals surface area contributed by atoms with Crippen LogP contribution in [0.5, 0.6) is 0 Å². The molecule has 4 N–H and O–H groups in total. The van der Waals surface area contributed by atoms with Crippen molar-refractivity contribution in [3.63, 3.8) is 0 Å². The Morgan fingerprint density at radius 2 is 1.75 bits per heavy atom. The Bertz CT molecular complexity index is 1350. The third-order valence-corrected chi connectivity index (χ3v) is 7.98. The zero-order chi connectivity index (χ0) is 22.8. The standard InChI is InChI=1S/C23H18ClN3O2S3/c1-12-16(11-13-7-3-2-4-8-13)32-22(17(12)20(25)28)27-23(30)26-21(29)19-18(24)14-9-5-6-10-15(14)31-19/h2-10H,11H2,1H3,(H2,25,28)(H2,26,27,29,30). The van der Waals surface area contributed by atoms with Crippen LogP contribution < -0.4 is 16.4 Å². The molecule has 0 aliphatic heterocycles. The van der Waals surface area contributed by atoms with E-state index in [4.69, 9.17) is 29.6 Å². The van der Waals surface area contributed by atoms with Gasteiger partial charge in [-0.2, -0.15) is 0 Å². The van der Waals surface area contributed by atoms with E-state index in [9.17, 15) is 9.59 Å². The molecule has 0 fully saturated rings. The first-order valence-corrected chi connectivity index (χ1v) is 12.0. The summed E-state index contributed by atoms with van der Waals surface area (Å²) in [5.74, 6) is -0.964. The molecule has 0 aliphatic carbocycles. The highest BCUT2D eigenvalue weighted by molar-refractivity contribution is 7.80. The highest BCUT2D eigenvalue weighted by Gasteiger charge is 2.22. The first kappa shape index (κ1) is 22.4. The topological polar surface area (TPSA) is 84.2 Å². The van der Waals surface area contributed by atoms with Gasteiger partial charge < -0.3 is 11.1 Å². The number of primary amides is 1. The number of hydrogen-bond donors (Lipinski definition) is 3. The molecule has 0 radical (unpaired) electrons. The van der Waals surface area contributed by atoms with Crippen molar-refractivity contribution in [3.05, 3.63) is 86.1 Å². The Hall–Kier alpha value is -2.78. The average molecular weight is 500 g/mol. The molecule has 0 unspecified atom stereocenters. The Morgan fingerprint density at radius 1 is 1.06 bits per heavy atom. The molecule has 2 heterocycles. The van der Waals surface area contributed by atoms with Crippen molar-refractivity contribution in [2.45, 2.75) is 13.3 Å². The molecule has 5 nitrogen and oxygen atoms in total. The van der Waals surface area contributed by atoms with Crippen molar-refractivity contribution in [1.82, 2.24) is 5.32 Å². The van der Waals surface area contributed by atoms with Crippen molar-refractivity contribution in [2.24, 2.45) is 5.73 Å². The number of benzene rings is 2. The first-order chi connectivity index (χ1) is 15.3. The summed E-state index contributed by atoms with van der Waals surface area (Å²) >= 11 is 14.4. The molecule has 9 heteroatoms. The number of carbonyl (C=O) groups excluding carboxylic acids is 2. The van der Waals surface area contributed by atoms with Gasteiger partial charge in [0.05, 0.1) is 10.6 Å². The summed E-state index contributed by atoms with van der Waals surface area (Å²) in [6.07, 6.45) is 0.663. The lowest BCUT2D eigenvalue weighted by molar-refractivity contribution is 0.0979. The molecule has 0 bridgehead atoms. The van der Waals surface area contributed by atoms with Crippen molar-refractivity contribution in [1.29, 1.82) is 0 Å². The summed E-state index contributed by atoms with van der Waals surface area (Å²) in [5, 5.41) is 7.41. The van der Waals surface area contributed by atoms with E-state index in [1.807, 2.05) is 61.5 Å². The van der Waals surface area contributed by atoms with Crippen molar-refractivity contribution in [3.8, 4) is 0 Å².